The molecule has 0 spiro atoms. The molecule has 0 aliphatic rings. The lowest BCUT2D eigenvalue weighted by Crippen LogP contribution is -2.41. The molecule has 0 saturated heterocycles. The first kappa shape index (κ1) is 17.6. The first-order valence-electron chi connectivity index (χ1n) is 7.52. The van der Waals surface area contributed by atoms with E-state index in [9.17, 15) is 9.90 Å². The van der Waals surface area contributed by atoms with Crippen molar-refractivity contribution in [2.24, 2.45) is 0 Å². The summed E-state index contributed by atoms with van der Waals surface area (Å²) in [6, 6.07) is 10.0. The summed E-state index contributed by atoms with van der Waals surface area (Å²) in [4.78, 5) is 16.3. The van der Waals surface area contributed by atoms with Gasteiger partial charge in [0.15, 0.2) is 5.16 Å². The summed E-state index contributed by atoms with van der Waals surface area (Å²) in [5.74, 6) is 0.274. The number of carbonyl (C=O) groups is 1. The third kappa shape index (κ3) is 5.73. The Morgan fingerprint density at radius 1 is 1.30 bits per heavy atom. The number of aliphatic hydroxyl groups excluding tert-OH is 1. The van der Waals surface area contributed by atoms with Crippen molar-refractivity contribution in [3.63, 3.8) is 0 Å². The average molecular weight is 333 g/mol. The van der Waals surface area contributed by atoms with Gasteiger partial charge >= 0.3 is 0 Å². The summed E-state index contributed by atoms with van der Waals surface area (Å²) in [6.45, 7) is 6.42. The maximum Gasteiger partial charge on any atom is 0.230 e. The zero-order chi connectivity index (χ0) is 16.9. The molecular weight excluding hydrogens is 310 g/mol. The van der Waals surface area contributed by atoms with Crippen LogP contribution < -0.4 is 5.32 Å². The number of benzene rings is 1. The molecule has 2 rings (SSSR count). The fraction of sp³-hybridized carbons (Fsp3) is 0.412. The third-order valence-electron chi connectivity index (χ3n) is 2.99. The molecule has 23 heavy (non-hydrogen) atoms. The average Bonchev–Trinajstić information content (AvgIpc) is 2.87. The van der Waals surface area contributed by atoms with Crippen molar-refractivity contribution in [2.45, 2.75) is 44.6 Å². The van der Waals surface area contributed by atoms with Crippen LogP contribution in [0.25, 0.3) is 0 Å². The van der Waals surface area contributed by atoms with Gasteiger partial charge in [0.25, 0.3) is 0 Å². The van der Waals surface area contributed by atoms with E-state index < -0.39 is 0 Å². The molecule has 2 aromatic rings. The Kier molecular flexibility index (Phi) is 5.85. The van der Waals surface area contributed by atoms with Crippen LogP contribution in [0, 0.1) is 0 Å². The number of rotatable bonds is 6. The van der Waals surface area contributed by atoms with Gasteiger partial charge in [-0.1, -0.05) is 42.1 Å². The SMILES string of the molecule is CC(C)(C)NC(=O)CSc1nc(CO)cn1Cc1ccccc1. The van der Waals surface area contributed by atoms with Gasteiger partial charge < -0.3 is 15.0 Å². The van der Waals surface area contributed by atoms with Crippen molar-refractivity contribution in [3.05, 3.63) is 47.8 Å². The predicted molar refractivity (Wildman–Crippen MR) is 92.3 cm³/mol. The van der Waals surface area contributed by atoms with Crippen LogP contribution in [-0.2, 0) is 17.9 Å². The van der Waals surface area contributed by atoms with Crippen molar-refractivity contribution in [2.75, 3.05) is 5.75 Å². The number of amides is 1. The van der Waals surface area contributed by atoms with E-state index >= 15 is 0 Å². The number of imidazole rings is 1. The molecule has 1 heterocycles. The maximum absolute atomic E-state index is 12.0. The summed E-state index contributed by atoms with van der Waals surface area (Å²) in [6.07, 6.45) is 1.83. The molecule has 0 aliphatic carbocycles. The molecule has 1 aromatic carbocycles. The molecule has 6 heteroatoms. The van der Waals surface area contributed by atoms with Gasteiger partial charge in [0, 0.05) is 18.3 Å². The first-order valence-corrected chi connectivity index (χ1v) is 8.50. The topological polar surface area (TPSA) is 67.2 Å². The number of aliphatic hydroxyl groups is 1. The van der Waals surface area contributed by atoms with Crippen LogP contribution in [0.4, 0.5) is 0 Å². The second-order valence-corrected chi connectivity index (χ2v) is 7.32. The highest BCUT2D eigenvalue weighted by atomic mass is 32.2. The van der Waals surface area contributed by atoms with Crippen LogP contribution >= 0.6 is 11.8 Å². The molecular formula is C17H23N3O2S. The summed E-state index contributed by atoms with van der Waals surface area (Å²) in [5.41, 5.74) is 1.52. The Morgan fingerprint density at radius 3 is 2.61 bits per heavy atom. The Morgan fingerprint density at radius 2 is 2.00 bits per heavy atom. The monoisotopic (exact) mass is 333 g/mol. The largest absolute Gasteiger partial charge is 0.390 e. The lowest BCUT2D eigenvalue weighted by Gasteiger charge is -2.20. The van der Waals surface area contributed by atoms with E-state index in [1.165, 1.54) is 11.8 Å². The van der Waals surface area contributed by atoms with Gasteiger partial charge in [-0.25, -0.2) is 4.98 Å². The number of hydrogen-bond acceptors (Lipinski definition) is 4. The molecule has 0 fully saturated rings. The standard InChI is InChI=1S/C17H23N3O2S/c1-17(2,3)19-15(22)12-23-16-18-14(11-21)10-20(16)9-13-7-5-4-6-8-13/h4-8,10,21H,9,11-12H2,1-3H3,(H,19,22). The molecule has 0 unspecified atom stereocenters. The molecule has 0 aliphatic heterocycles. The van der Waals surface area contributed by atoms with Crippen molar-refractivity contribution in [1.82, 2.24) is 14.9 Å². The highest BCUT2D eigenvalue weighted by Crippen LogP contribution is 2.19. The highest BCUT2D eigenvalue weighted by molar-refractivity contribution is 7.99. The van der Waals surface area contributed by atoms with Gasteiger partial charge in [-0.15, -0.1) is 0 Å². The molecule has 0 atom stereocenters. The van der Waals surface area contributed by atoms with E-state index in [1.54, 1.807) is 0 Å². The van der Waals surface area contributed by atoms with E-state index in [4.69, 9.17) is 0 Å². The predicted octanol–water partition coefficient (Wildman–Crippen LogP) is 2.43. The van der Waals surface area contributed by atoms with Crippen molar-refractivity contribution >= 4 is 17.7 Å². The Labute approximate surface area is 141 Å². The minimum Gasteiger partial charge on any atom is -0.390 e. The summed E-state index contributed by atoms with van der Waals surface area (Å²) >= 11 is 1.38. The first-order chi connectivity index (χ1) is 10.9. The van der Waals surface area contributed by atoms with Crippen LogP contribution in [0.15, 0.2) is 41.7 Å². The summed E-state index contributed by atoms with van der Waals surface area (Å²) in [7, 11) is 0. The second-order valence-electron chi connectivity index (χ2n) is 6.37. The van der Waals surface area contributed by atoms with Crippen LogP contribution in [0.1, 0.15) is 32.0 Å². The Bertz CT molecular complexity index is 648. The zero-order valence-corrected chi connectivity index (χ0v) is 14.6. The zero-order valence-electron chi connectivity index (χ0n) is 13.7. The lowest BCUT2D eigenvalue weighted by atomic mass is 10.1. The molecule has 0 radical (unpaired) electrons. The van der Waals surface area contributed by atoms with Crippen LogP contribution in [0.3, 0.4) is 0 Å². The number of hydrogen-bond donors (Lipinski definition) is 2. The third-order valence-corrected chi connectivity index (χ3v) is 3.98. The van der Waals surface area contributed by atoms with Gasteiger partial charge in [0.1, 0.15) is 0 Å². The molecule has 0 bridgehead atoms. The van der Waals surface area contributed by atoms with E-state index in [0.717, 1.165) is 10.7 Å². The normalized spacial score (nSPS) is 11.5. The number of aromatic nitrogens is 2. The van der Waals surface area contributed by atoms with E-state index in [0.29, 0.717) is 18.0 Å². The smallest absolute Gasteiger partial charge is 0.230 e. The molecule has 1 amide bonds. The van der Waals surface area contributed by atoms with Crippen LogP contribution in [0.5, 0.6) is 0 Å². The van der Waals surface area contributed by atoms with Crippen LogP contribution in [0.2, 0.25) is 0 Å². The number of nitrogens with one attached hydrogen (secondary N) is 1. The van der Waals surface area contributed by atoms with E-state index in [2.05, 4.69) is 10.3 Å². The van der Waals surface area contributed by atoms with Gasteiger partial charge in [-0.05, 0) is 26.3 Å². The van der Waals surface area contributed by atoms with Crippen molar-refractivity contribution < 1.29 is 9.90 Å². The maximum atomic E-state index is 12.0. The Balaban J connectivity index is 2.06. The van der Waals surface area contributed by atoms with Gasteiger partial charge in [-0.2, -0.15) is 0 Å². The van der Waals surface area contributed by atoms with E-state index in [-0.39, 0.29) is 18.1 Å². The lowest BCUT2D eigenvalue weighted by molar-refractivity contribution is -0.119. The van der Waals surface area contributed by atoms with Gasteiger partial charge in [0.05, 0.1) is 18.1 Å². The molecule has 1 aromatic heterocycles. The second kappa shape index (κ2) is 7.66. The van der Waals surface area contributed by atoms with Crippen molar-refractivity contribution in [1.29, 1.82) is 0 Å². The molecule has 0 saturated carbocycles. The fourth-order valence-electron chi connectivity index (χ4n) is 2.12. The minimum atomic E-state index is -0.243. The van der Waals surface area contributed by atoms with Crippen LogP contribution in [-0.4, -0.2) is 31.9 Å². The van der Waals surface area contributed by atoms with E-state index in [1.807, 2.05) is 61.9 Å². The minimum absolute atomic E-state index is 0.0256. The van der Waals surface area contributed by atoms with Gasteiger partial charge in [-0.3, -0.25) is 4.79 Å². The fourth-order valence-corrected chi connectivity index (χ4v) is 2.92. The molecule has 124 valence electrons. The molecule has 5 nitrogen and oxygen atoms in total. The highest BCUT2D eigenvalue weighted by Gasteiger charge is 2.16. The number of carbonyl (C=O) groups excluding carboxylic acids is 1. The van der Waals surface area contributed by atoms with Gasteiger partial charge in [0.2, 0.25) is 5.91 Å². The van der Waals surface area contributed by atoms with Crippen molar-refractivity contribution in [3.8, 4) is 0 Å². The summed E-state index contributed by atoms with van der Waals surface area (Å²) < 4.78 is 1.97. The summed E-state index contributed by atoms with van der Waals surface area (Å²) in [5, 5.41) is 13.0. The molecule has 2 N–H and O–H groups in total. The number of thioether (sulfide) groups is 1. The quantitative estimate of drug-likeness (QED) is 0.797. The Hall–Kier alpha value is -1.79. The number of nitrogens with zero attached hydrogens (tertiary/aromatic N) is 2.